The first kappa shape index (κ1) is 42.4. The first-order chi connectivity index (χ1) is 27.3. The molecule has 0 saturated heterocycles. The van der Waals surface area contributed by atoms with Crippen molar-refractivity contribution in [2.24, 2.45) is 5.92 Å². The van der Waals surface area contributed by atoms with Crippen molar-refractivity contribution in [2.75, 3.05) is 23.4 Å². The van der Waals surface area contributed by atoms with Gasteiger partial charge >= 0.3 is 0 Å². The van der Waals surface area contributed by atoms with Crippen LogP contribution in [0.25, 0.3) is 40.4 Å². The Bertz CT molecular complexity index is 2050. The average molecular weight is 821 g/mol. The highest BCUT2D eigenvalue weighted by atomic mass is 32.1. The molecule has 56 heavy (non-hydrogen) atoms. The Kier molecular flexibility index (Phi) is 15.9. The fraction of sp³-hybridized carbons (Fsp3) is 0.440. The number of thiophene rings is 4. The minimum Gasteiger partial charge on any atom is -0.355 e. The first-order valence-corrected chi connectivity index (χ1v) is 24.7. The summed E-state index contributed by atoms with van der Waals surface area (Å²) in [5.74, 6) is 0.669. The number of hydrogen-bond acceptors (Lipinski definition) is 6. The van der Waals surface area contributed by atoms with Gasteiger partial charge in [0.1, 0.15) is 0 Å². The molecule has 0 amide bonds. The lowest BCUT2D eigenvalue weighted by Gasteiger charge is -2.41. The highest BCUT2D eigenvalue weighted by molar-refractivity contribution is 7.24. The van der Waals surface area contributed by atoms with Crippen LogP contribution in [0.5, 0.6) is 0 Å². The predicted octanol–water partition coefficient (Wildman–Crippen LogP) is 17.2. The molecule has 0 fully saturated rings. The molecule has 2 aromatic carbocycles. The van der Waals surface area contributed by atoms with Crippen LogP contribution in [0, 0.1) is 26.7 Å². The summed E-state index contributed by atoms with van der Waals surface area (Å²) in [6.07, 6.45) is 16.3. The van der Waals surface area contributed by atoms with Crippen LogP contribution in [0.3, 0.4) is 0 Å². The second-order valence-electron chi connectivity index (χ2n) is 15.9. The number of hydrogen-bond donors (Lipinski definition) is 0. The second kappa shape index (κ2) is 21.0. The fourth-order valence-electron chi connectivity index (χ4n) is 8.06. The Balaban J connectivity index is 1.32. The number of unbranched alkanes of at least 4 members (excludes halogenated alkanes) is 8. The minimum absolute atomic E-state index is 0.167. The van der Waals surface area contributed by atoms with Gasteiger partial charge in [0, 0.05) is 54.2 Å². The quantitative estimate of drug-likeness (QED) is 0.0497. The van der Waals surface area contributed by atoms with Crippen LogP contribution in [0.2, 0.25) is 0 Å². The summed E-state index contributed by atoms with van der Waals surface area (Å²) in [5.41, 5.74) is 9.35. The first-order valence-electron chi connectivity index (χ1n) is 21.3. The van der Waals surface area contributed by atoms with Crippen LogP contribution in [-0.4, -0.2) is 19.8 Å². The number of nitrogens with zero attached hydrogens (tertiary/aromatic N) is 2. The maximum atomic E-state index is 2.78. The van der Waals surface area contributed by atoms with Crippen molar-refractivity contribution < 1.29 is 0 Å². The summed E-state index contributed by atoms with van der Waals surface area (Å²) in [5, 5.41) is 4.37. The summed E-state index contributed by atoms with van der Waals surface area (Å²) in [6.45, 7) is 15.0. The van der Waals surface area contributed by atoms with E-state index in [0.717, 1.165) is 6.54 Å². The van der Waals surface area contributed by atoms with E-state index in [4.69, 9.17) is 0 Å². The van der Waals surface area contributed by atoms with Gasteiger partial charge in [-0.3, -0.25) is 0 Å². The van der Waals surface area contributed by atoms with E-state index in [2.05, 4.69) is 148 Å². The topological polar surface area (TPSA) is 6.48 Å². The van der Waals surface area contributed by atoms with Crippen LogP contribution in [0.1, 0.15) is 115 Å². The lowest BCUT2D eigenvalue weighted by atomic mass is 9.93. The van der Waals surface area contributed by atoms with E-state index in [1.807, 2.05) is 45.3 Å². The van der Waals surface area contributed by atoms with Gasteiger partial charge in [0.2, 0.25) is 0 Å². The van der Waals surface area contributed by atoms with Crippen molar-refractivity contribution in [3.63, 3.8) is 0 Å². The van der Waals surface area contributed by atoms with E-state index >= 15 is 0 Å². The molecule has 0 radical (unpaired) electrons. The molecular weight excluding hydrogens is 757 g/mol. The van der Waals surface area contributed by atoms with E-state index in [9.17, 15) is 0 Å². The van der Waals surface area contributed by atoms with E-state index in [0.29, 0.717) is 5.92 Å². The highest BCUT2D eigenvalue weighted by Gasteiger charge is 2.25. The second-order valence-corrected chi connectivity index (χ2v) is 19.9. The molecule has 0 spiro atoms. The summed E-state index contributed by atoms with van der Waals surface area (Å²) in [7, 11) is 2.31. The molecule has 6 aromatic rings. The third-order valence-electron chi connectivity index (χ3n) is 11.6. The van der Waals surface area contributed by atoms with Gasteiger partial charge < -0.3 is 9.80 Å². The third kappa shape index (κ3) is 10.9. The Morgan fingerprint density at radius 1 is 0.554 bits per heavy atom. The lowest BCUT2D eigenvalue weighted by Crippen LogP contribution is -2.47. The van der Waals surface area contributed by atoms with Gasteiger partial charge in [-0.25, -0.2) is 0 Å². The number of anilines is 2. The normalized spacial score (nSPS) is 12.6. The summed E-state index contributed by atoms with van der Waals surface area (Å²) < 4.78 is 0. The molecule has 0 saturated carbocycles. The average Bonchev–Trinajstić information content (AvgIpc) is 4.05. The number of benzene rings is 2. The molecule has 0 aliphatic rings. The number of aryl methyl sites for hydroxylation is 3. The van der Waals surface area contributed by atoms with Crippen LogP contribution in [-0.2, 0) is 0 Å². The molecule has 6 rings (SSSR count). The molecule has 6 heteroatoms. The van der Waals surface area contributed by atoms with Crippen molar-refractivity contribution in [1.29, 1.82) is 0 Å². The predicted molar refractivity (Wildman–Crippen MR) is 256 cm³/mol. The molecule has 0 aliphatic heterocycles. The maximum Gasteiger partial charge on any atom is 0.0984 e. The van der Waals surface area contributed by atoms with Gasteiger partial charge in [-0.15, -0.1) is 45.3 Å². The Morgan fingerprint density at radius 2 is 1.11 bits per heavy atom. The molecule has 298 valence electrons. The van der Waals surface area contributed by atoms with E-state index in [-0.39, 0.29) is 6.17 Å². The van der Waals surface area contributed by atoms with E-state index < -0.39 is 0 Å². The maximum absolute atomic E-state index is 2.78. The van der Waals surface area contributed by atoms with Crippen molar-refractivity contribution in [3.8, 4) is 40.4 Å². The van der Waals surface area contributed by atoms with E-state index in [1.165, 1.54) is 146 Å². The molecule has 0 N–H and O–H groups in total. The zero-order chi connectivity index (χ0) is 39.4. The summed E-state index contributed by atoms with van der Waals surface area (Å²) >= 11 is 7.53. The van der Waals surface area contributed by atoms with Gasteiger partial charge in [-0.1, -0.05) is 114 Å². The van der Waals surface area contributed by atoms with Crippen LogP contribution in [0.15, 0.2) is 89.6 Å². The molecule has 4 heterocycles. The third-order valence-corrected chi connectivity index (χ3v) is 16.2. The van der Waals surface area contributed by atoms with Crippen LogP contribution < -0.4 is 9.80 Å². The minimum atomic E-state index is 0.167. The zero-order valence-corrected chi connectivity index (χ0v) is 38.3. The van der Waals surface area contributed by atoms with Crippen LogP contribution in [0.4, 0.5) is 11.4 Å². The fourth-order valence-corrected chi connectivity index (χ4v) is 12.2. The summed E-state index contributed by atoms with van der Waals surface area (Å²) in [4.78, 5) is 13.5. The van der Waals surface area contributed by atoms with Crippen molar-refractivity contribution in [2.45, 2.75) is 125 Å². The van der Waals surface area contributed by atoms with Crippen LogP contribution >= 0.6 is 45.3 Å². The van der Waals surface area contributed by atoms with Gasteiger partial charge in [0.25, 0.3) is 0 Å². The van der Waals surface area contributed by atoms with Crippen molar-refractivity contribution in [1.82, 2.24) is 0 Å². The lowest BCUT2D eigenvalue weighted by molar-refractivity contribution is 0.391. The molecule has 2 unspecified atom stereocenters. The molecule has 0 bridgehead atoms. The molecule has 2 nitrogen and oxygen atoms in total. The summed E-state index contributed by atoms with van der Waals surface area (Å²) in [6, 6.07) is 30.1. The standard InChI is InChI=1S/C50H64N2S4/c1-8-10-12-14-15-17-22-40(21-16-13-11-9-2)35-52(44-34-42(28-27-36(44)3)48-32-38(5)50(56-48)46-26-20-30-54-46)39(6)51(7)43-24-18-23-41(33-43)47-31-37(4)49(55-47)45-25-19-29-53-45/h18-20,23-34,39-40H,8-17,21-22,35H2,1-7H3. The Morgan fingerprint density at radius 3 is 1.68 bits per heavy atom. The van der Waals surface area contributed by atoms with Gasteiger partial charge in [0.15, 0.2) is 0 Å². The van der Waals surface area contributed by atoms with Crippen molar-refractivity contribution >= 4 is 56.7 Å². The molecular formula is C50H64N2S4. The van der Waals surface area contributed by atoms with Gasteiger partial charge in [0.05, 0.1) is 6.17 Å². The van der Waals surface area contributed by atoms with Gasteiger partial charge in [-0.05, 0) is 127 Å². The Hall–Kier alpha value is -3.16. The Labute approximate surface area is 355 Å². The molecule has 2 atom stereocenters. The highest BCUT2D eigenvalue weighted by Crippen LogP contribution is 2.43. The monoisotopic (exact) mass is 820 g/mol. The zero-order valence-electron chi connectivity index (χ0n) is 35.0. The van der Waals surface area contributed by atoms with Gasteiger partial charge in [-0.2, -0.15) is 0 Å². The number of rotatable bonds is 22. The SMILES string of the molecule is CCCCCCCCC(CCCCCC)CN(c1cc(-c2cc(C)c(-c3cccs3)s2)ccc1C)C(C)N(C)c1cccc(-c2cc(C)c(-c3cccs3)s2)c1. The molecule has 0 aliphatic carbocycles. The molecule has 4 aromatic heterocycles. The smallest absolute Gasteiger partial charge is 0.0984 e. The van der Waals surface area contributed by atoms with E-state index in [1.54, 1.807) is 0 Å². The largest absolute Gasteiger partial charge is 0.355 e. The van der Waals surface area contributed by atoms with Crippen molar-refractivity contribution in [3.05, 3.63) is 106 Å².